The van der Waals surface area contributed by atoms with Crippen LogP contribution in [-0.2, 0) is 34.0 Å². The normalized spacial score (nSPS) is 10.3. The second-order valence-corrected chi connectivity index (χ2v) is 9.30. The lowest BCUT2D eigenvalue weighted by Gasteiger charge is -2.10. The molecule has 0 unspecified atom stereocenters. The maximum absolute atomic E-state index is 12.8. The van der Waals surface area contributed by atoms with Gasteiger partial charge >= 0.3 is 12.1 Å². The first kappa shape index (κ1) is 29.5. The van der Waals surface area contributed by atoms with Crippen LogP contribution in [0.25, 0.3) is 0 Å². The van der Waals surface area contributed by atoms with Gasteiger partial charge in [0.25, 0.3) is 11.8 Å². The number of carbonyl (C=O) groups excluding carboxylic acids is 4. The maximum Gasteiger partial charge on any atom is 0.407 e. The van der Waals surface area contributed by atoms with E-state index in [0.29, 0.717) is 16.8 Å². The van der Waals surface area contributed by atoms with Gasteiger partial charge in [-0.25, -0.2) is 4.79 Å². The van der Waals surface area contributed by atoms with Gasteiger partial charge in [0.2, 0.25) is 0 Å². The average molecular weight is 566 g/mol. The largest absolute Gasteiger partial charge is 0.461 e. The number of esters is 1. The van der Waals surface area contributed by atoms with E-state index in [0.717, 1.165) is 16.7 Å². The van der Waals surface area contributed by atoms with Crippen molar-refractivity contribution in [3.8, 4) is 0 Å². The molecule has 0 bridgehead atoms. The molecule has 0 aliphatic heterocycles. The molecule has 0 radical (unpaired) electrons. The fraction of sp³-hybridized carbons (Fsp3) is 0.152. The fourth-order valence-corrected chi connectivity index (χ4v) is 3.85. The summed E-state index contributed by atoms with van der Waals surface area (Å²) in [5.41, 5.74) is 3.78. The minimum atomic E-state index is -0.535. The van der Waals surface area contributed by atoms with Gasteiger partial charge in [-0.1, -0.05) is 78.9 Å². The summed E-state index contributed by atoms with van der Waals surface area (Å²) in [5, 5.41) is 8.15. The molecular formula is C33H31N3O6. The molecule has 0 atom stereocenters. The molecule has 4 rings (SSSR count). The molecule has 9 heteroatoms. The van der Waals surface area contributed by atoms with Crippen LogP contribution in [0.2, 0.25) is 0 Å². The monoisotopic (exact) mass is 565 g/mol. The summed E-state index contributed by atoms with van der Waals surface area (Å²) in [6.45, 7) is 0.726. The number of hydrogen-bond donors (Lipinski definition) is 3. The predicted octanol–water partition coefficient (Wildman–Crippen LogP) is 5.23. The smallest absolute Gasteiger partial charge is 0.407 e. The van der Waals surface area contributed by atoms with Crippen molar-refractivity contribution in [3.05, 3.63) is 137 Å². The van der Waals surface area contributed by atoms with Crippen LogP contribution in [0.4, 0.5) is 10.5 Å². The van der Waals surface area contributed by atoms with Gasteiger partial charge in [0, 0.05) is 29.9 Å². The Kier molecular flexibility index (Phi) is 10.8. The molecule has 4 aromatic rings. The van der Waals surface area contributed by atoms with Crippen molar-refractivity contribution in [2.45, 2.75) is 26.2 Å². The molecule has 0 spiro atoms. The molecular weight excluding hydrogens is 534 g/mol. The number of nitrogens with one attached hydrogen (secondary N) is 3. The van der Waals surface area contributed by atoms with Gasteiger partial charge in [-0.05, 0) is 47.0 Å². The van der Waals surface area contributed by atoms with E-state index < -0.39 is 12.1 Å². The summed E-state index contributed by atoms with van der Waals surface area (Å²) in [6.07, 6.45) is -0.498. The summed E-state index contributed by atoms with van der Waals surface area (Å²) in [4.78, 5) is 49.2. The van der Waals surface area contributed by atoms with Crippen molar-refractivity contribution >= 4 is 29.6 Å². The Bertz CT molecular complexity index is 1490. The third-order valence-corrected chi connectivity index (χ3v) is 6.11. The van der Waals surface area contributed by atoms with Crippen LogP contribution >= 0.6 is 0 Å². The highest BCUT2D eigenvalue weighted by Gasteiger charge is 2.11. The number of amides is 3. The number of carbonyl (C=O) groups is 4. The summed E-state index contributed by atoms with van der Waals surface area (Å²) < 4.78 is 10.4. The van der Waals surface area contributed by atoms with E-state index in [1.807, 2.05) is 60.7 Å². The van der Waals surface area contributed by atoms with Gasteiger partial charge in [0.05, 0.1) is 6.42 Å². The first-order valence-electron chi connectivity index (χ1n) is 13.4. The molecule has 3 amide bonds. The van der Waals surface area contributed by atoms with Gasteiger partial charge in [-0.15, -0.1) is 0 Å². The Labute approximate surface area is 243 Å². The molecule has 0 aliphatic rings. The van der Waals surface area contributed by atoms with Crippen molar-refractivity contribution in [2.75, 3.05) is 11.9 Å². The van der Waals surface area contributed by atoms with Crippen molar-refractivity contribution in [1.82, 2.24) is 10.6 Å². The number of anilines is 1. The van der Waals surface area contributed by atoms with E-state index in [-0.39, 0.29) is 44.5 Å². The quantitative estimate of drug-likeness (QED) is 0.202. The number of rotatable bonds is 12. The highest BCUT2D eigenvalue weighted by Crippen LogP contribution is 2.14. The van der Waals surface area contributed by atoms with Gasteiger partial charge in [-0.2, -0.15) is 0 Å². The van der Waals surface area contributed by atoms with Crippen LogP contribution in [0, 0.1) is 0 Å². The first-order valence-corrected chi connectivity index (χ1v) is 13.4. The van der Waals surface area contributed by atoms with Crippen LogP contribution in [0.3, 0.4) is 0 Å². The molecule has 0 aliphatic carbocycles. The van der Waals surface area contributed by atoms with Gasteiger partial charge in [0.15, 0.2) is 0 Å². The third-order valence-electron chi connectivity index (χ3n) is 6.11. The Hall–Kier alpha value is -5.44. The highest BCUT2D eigenvalue weighted by molar-refractivity contribution is 6.05. The number of benzene rings is 4. The van der Waals surface area contributed by atoms with Gasteiger partial charge in [0.1, 0.15) is 13.2 Å². The Morgan fingerprint density at radius 3 is 1.88 bits per heavy atom. The number of alkyl carbamates (subject to hydrolysis) is 1. The zero-order valence-corrected chi connectivity index (χ0v) is 22.9. The van der Waals surface area contributed by atoms with E-state index in [1.165, 1.54) is 0 Å². The maximum atomic E-state index is 12.8. The van der Waals surface area contributed by atoms with E-state index in [1.54, 1.807) is 48.5 Å². The second-order valence-electron chi connectivity index (χ2n) is 9.30. The molecule has 0 saturated heterocycles. The SMILES string of the molecule is O=C(CCNC(=O)c1cccc(NC(=O)c2ccc(CNC(=O)OCc3ccccc3)cc2)c1)OCc1ccccc1. The lowest BCUT2D eigenvalue weighted by molar-refractivity contribution is -0.144. The van der Waals surface area contributed by atoms with Crippen LogP contribution in [0.5, 0.6) is 0 Å². The molecule has 42 heavy (non-hydrogen) atoms. The van der Waals surface area contributed by atoms with Gasteiger partial charge in [-0.3, -0.25) is 14.4 Å². The van der Waals surface area contributed by atoms with E-state index >= 15 is 0 Å². The number of hydrogen-bond acceptors (Lipinski definition) is 6. The molecule has 0 fully saturated rings. The fourth-order valence-electron chi connectivity index (χ4n) is 3.85. The van der Waals surface area contributed by atoms with E-state index in [2.05, 4.69) is 16.0 Å². The Balaban J connectivity index is 1.18. The average Bonchev–Trinajstić information content (AvgIpc) is 3.03. The summed E-state index contributed by atoms with van der Waals surface area (Å²) in [6, 6.07) is 32.0. The third kappa shape index (κ3) is 9.63. The van der Waals surface area contributed by atoms with Crippen molar-refractivity contribution in [1.29, 1.82) is 0 Å². The van der Waals surface area contributed by atoms with E-state index in [4.69, 9.17) is 9.47 Å². The van der Waals surface area contributed by atoms with E-state index in [9.17, 15) is 19.2 Å². The zero-order valence-electron chi connectivity index (χ0n) is 22.9. The van der Waals surface area contributed by atoms with Crippen molar-refractivity contribution in [3.63, 3.8) is 0 Å². The number of ether oxygens (including phenoxy) is 2. The minimum absolute atomic E-state index is 0.0371. The topological polar surface area (TPSA) is 123 Å². The molecule has 0 aromatic heterocycles. The molecule has 214 valence electrons. The van der Waals surface area contributed by atoms with Crippen LogP contribution in [-0.4, -0.2) is 30.4 Å². The zero-order chi connectivity index (χ0) is 29.6. The summed E-state index contributed by atoms with van der Waals surface area (Å²) >= 11 is 0. The van der Waals surface area contributed by atoms with Crippen molar-refractivity contribution in [2.24, 2.45) is 0 Å². The van der Waals surface area contributed by atoms with Crippen molar-refractivity contribution < 1.29 is 28.7 Å². The molecule has 0 saturated carbocycles. The van der Waals surface area contributed by atoms with Crippen LogP contribution in [0.15, 0.2) is 109 Å². The lowest BCUT2D eigenvalue weighted by atomic mass is 10.1. The summed E-state index contributed by atoms with van der Waals surface area (Å²) in [7, 11) is 0. The molecule has 4 aromatic carbocycles. The minimum Gasteiger partial charge on any atom is -0.461 e. The Morgan fingerprint density at radius 2 is 1.21 bits per heavy atom. The highest BCUT2D eigenvalue weighted by atomic mass is 16.5. The van der Waals surface area contributed by atoms with Crippen LogP contribution in [0.1, 0.15) is 43.8 Å². The first-order chi connectivity index (χ1) is 20.5. The standard InChI is InChI=1S/C33H31N3O6/c37-30(41-22-25-8-3-1-4-9-25)18-19-34-31(38)28-12-7-13-29(20-28)36-32(39)27-16-14-24(15-17-27)21-35-33(40)42-23-26-10-5-2-6-11-26/h1-17,20H,18-19,21-23H2,(H,34,38)(H,35,40)(H,36,39). The predicted molar refractivity (Wildman–Crippen MR) is 157 cm³/mol. The lowest BCUT2D eigenvalue weighted by Crippen LogP contribution is -2.26. The van der Waals surface area contributed by atoms with Gasteiger partial charge < -0.3 is 25.4 Å². The Morgan fingerprint density at radius 1 is 0.571 bits per heavy atom. The molecule has 3 N–H and O–H groups in total. The van der Waals surface area contributed by atoms with Crippen LogP contribution < -0.4 is 16.0 Å². The molecule has 0 heterocycles. The summed E-state index contributed by atoms with van der Waals surface area (Å²) in [5.74, 6) is -1.14. The second kappa shape index (κ2) is 15.4. The molecule has 9 nitrogen and oxygen atoms in total.